The van der Waals surface area contributed by atoms with E-state index in [2.05, 4.69) is 9.97 Å². The molecule has 0 aliphatic heterocycles. The van der Waals surface area contributed by atoms with Gasteiger partial charge >= 0.3 is 0 Å². The summed E-state index contributed by atoms with van der Waals surface area (Å²) < 4.78 is 5.63. The third-order valence-electron chi connectivity index (χ3n) is 2.56. The van der Waals surface area contributed by atoms with Gasteiger partial charge in [0.1, 0.15) is 0 Å². The number of pyridine rings is 2. The topological polar surface area (TPSA) is 61.0 Å². The Morgan fingerprint density at radius 3 is 2.89 bits per heavy atom. The number of nitrogens with two attached hydrogens (primary N) is 1. The van der Waals surface area contributed by atoms with Gasteiger partial charge in [-0.2, -0.15) is 0 Å². The zero-order valence-corrected chi connectivity index (χ0v) is 10.5. The smallest absolute Gasteiger partial charge is 0.213 e. The van der Waals surface area contributed by atoms with Gasteiger partial charge in [-0.3, -0.25) is 4.98 Å². The van der Waals surface area contributed by atoms with E-state index in [0.29, 0.717) is 19.0 Å². The van der Waals surface area contributed by atoms with E-state index in [4.69, 9.17) is 10.5 Å². The molecule has 2 aromatic heterocycles. The first-order chi connectivity index (χ1) is 8.78. The maximum Gasteiger partial charge on any atom is 0.213 e. The molecule has 0 aromatic carbocycles. The molecule has 18 heavy (non-hydrogen) atoms. The summed E-state index contributed by atoms with van der Waals surface area (Å²) in [7, 11) is 0. The van der Waals surface area contributed by atoms with Gasteiger partial charge in [0.2, 0.25) is 5.88 Å². The molecule has 4 heteroatoms. The molecule has 0 spiro atoms. The van der Waals surface area contributed by atoms with Crippen molar-refractivity contribution in [2.24, 2.45) is 5.73 Å². The molecule has 2 heterocycles. The summed E-state index contributed by atoms with van der Waals surface area (Å²) in [5.74, 6) is 0.631. The average Bonchev–Trinajstić information content (AvgIpc) is 2.39. The van der Waals surface area contributed by atoms with Crippen LogP contribution in [0.2, 0.25) is 0 Å². The van der Waals surface area contributed by atoms with E-state index in [9.17, 15) is 0 Å². The van der Waals surface area contributed by atoms with Gasteiger partial charge in [-0.15, -0.1) is 0 Å². The van der Waals surface area contributed by atoms with Crippen molar-refractivity contribution in [3.63, 3.8) is 0 Å². The summed E-state index contributed by atoms with van der Waals surface area (Å²) in [6.07, 6.45) is 2.56. The van der Waals surface area contributed by atoms with Crippen LogP contribution in [0.1, 0.15) is 17.0 Å². The first kappa shape index (κ1) is 12.5. The molecular formula is C14H17N3O. The molecule has 0 saturated heterocycles. The minimum atomic E-state index is 0.500. The summed E-state index contributed by atoms with van der Waals surface area (Å²) in [5.41, 5.74) is 8.59. The lowest BCUT2D eigenvalue weighted by Gasteiger charge is -2.07. The fraction of sp³-hybridized carbons (Fsp3) is 0.286. The van der Waals surface area contributed by atoms with Crippen LogP contribution < -0.4 is 10.5 Å². The van der Waals surface area contributed by atoms with E-state index in [1.807, 2.05) is 37.3 Å². The van der Waals surface area contributed by atoms with E-state index in [1.54, 1.807) is 6.20 Å². The molecular weight excluding hydrogens is 226 g/mol. The van der Waals surface area contributed by atoms with Gasteiger partial charge in [-0.1, -0.05) is 6.07 Å². The third kappa shape index (κ3) is 3.53. The highest BCUT2D eigenvalue weighted by Gasteiger charge is 2.01. The minimum Gasteiger partial charge on any atom is -0.477 e. The fourth-order valence-electron chi connectivity index (χ4n) is 1.70. The third-order valence-corrected chi connectivity index (χ3v) is 2.56. The summed E-state index contributed by atoms with van der Waals surface area (Å²) >= 11 is 0. The van der Waals surface area contributed by atoms with Crippen LogP contribution in [0.25, 0.3) is 0 Å². The lowest BCUT2D eigenvalue weighted by atomic mass is 10.2. The highest BCUT2D eigenvalue weighted by atomic mass is 16.5. The summed E-state index contributed by atoms with van der Waals surface area (Å²) in [6, 6.07) is 9.70. The Morgan fingerprint density at radius 2 is 2.17 bits per heavy atom. The van der Waals surface area contributed by atoms with Crippen molar-refractivity contribution in [2.45, 2.75) is 19.9 Å². The molecule has 94 valence electrons. The van der Waals surface area contributed by atoms with E-state index >= 15 is 0 Å². The zero-order chi connectivity index (χ0) is 12.8. The molecule has 0 fully saturated rings. The monoisotopic (exact) mass is 243 g/mol. The summed E-state index contributed by atoms with van der Waals surface area (Å²) in [6.45, 7) is 3.00. The van der Waals surface area contributed by atoms with E-state index in [1.165, 1.54) is 0 Å². The Labute approximate surface area is 107 Å². The van der Waals surface area contributed by atoms with Crippen molar-refractivity contribution < 1.29 is 4.74 Å². The van der Waals surface area contributed by atoms with Crippen LogP contribution in [-0.4, -0.2) is 16.6 Å². The molecule has 0 amide bonds. The second-order valence-electron chi connectivity index (χ2n) is 4.08. The molecule has 2 N–H and O–H groups in total. The quantitative estimate of drug-likeness (QED) is 0.870. The number of aromatic nitrogens is 2. The number of hydrogen-bond acceptors (Lipinski definition) is 4. The molecule has 0 unspecified atom stereocenters. The van der Waals surface area contributed by atoms with Crippen molar-refractivity contribution in [3.05, 3.63) is 53.5 Å². The second-order valence-corrected chi connectivity index (χ2v) is 4.08. The van der Waals surface area contributed by atoms with Crippen LogP contribution in [0.15, 0.2) is 36.5 Å². The van der Waals surface area contributed by atoms with Gasteiger partial charge in [0.15, 0.2) is 0 Å². The van der Waals surface area contributed by atoms with Gasteiger partial charge in [-0.05, 0) is 30.7 Å². The number of hydrogen-bond donors (Lipinski definition) is 1. The van der Waals surface area contributed by atoms with Gasteiger partial charge < -0.3 is 10.5 Å². The Bertz CT molecular complexity index is 500. The van der Waals surface area contributed by atoms with E-state index < -0.39 is 0 Å². The maximum absolute atomic E-state index is 5.63. The highest BCUT2D eigenvalue weighted by Crippen LogP contribution is 2.12. The molecule has 4 nitrogen and oxygen atoms in total. The fourth-order valence-corrected chi connectivity index (χ4v) is 1.70. The SMILES string of the molecule is Cc1cc(CN)cc(OCCc2ccccn2)n1. The highest BCUT2D eigenvalue weighted by molar-refractivity contribution is 5.24. The first-order valence-corrected chi connectivity index (χ1v) is 5.98. The number of rotatable bonds is 5. The first-order valence-electron chi connectivity index (χ1n) is 5.98. The van der Waals surface area contributed by atoms with Crippen LogP contribution in [0.5, 0.6) is 5.88 Å². The predicted molar refractivity (Wildman–Crippen MR) is 70.3 cm³/mol. The van der Waals surface area contributed by atoms with Crippen LogP contribution in [0.4, 0.5) is 0 Å². The molecule has 0 bridgehead atoms. The van der Waals surface area contributed by atoms with Crippen molar-refractivity contribution >= 4 is 0 Å². The van der Waals surface area contributed by atoms with Gasteiger partial charge in [0.05, 0.1) is 6.61 Å². The Balaban J connectivity index is 1.92. The Morgan fingerprint density at radius 1 is 1.28 bits per heavy atom. The van der Waals surface area contributed by atoms with Crippen LogP contribution in [0.3, 0.4) is 0 Å². The number of ether oxygens (including phenoxy) is 1. The van der Waals surface area contributed by atoms with Crippen LogP contribution in [-0.2, 0) is 13.0 Å². The number of nitrogens with zero attached hydrogens (tertiary/aromatic N) is 2. The van der Waals surface area contributed by atoms with Gasteiger partial charge in [0, 0.05) is 36.6 Å². The Hall–Kier alpha value is -1.94. The van der Waals surface area contributed by atoms with Gasteiger partial charge in [-0.25, -0.2) is 4.98 Å². The lowest BCUT2D eigenvalue weighted by molar-refractivity contribution is 0.307. The predicted octanol–water partition coefficient (Wildman–Crippen LogP) is 1.87. The molecule has 0 aliphatic rings. The molecule has 0 saturated carbocycles. The maximum atomic E-state index is 5.63. The summed E-state index contributed by atoms with van der Waals surface area (Å²) in [4.78, 5) is 8.56. The van der Waals surface area contributed by atoms with Gasteiger partial charge in [0.25, 0.3) is 0 Å². The molecule has 2 aromatic rings. The van der Waals surface area contributed by atoms with Crippen molar-refractivity contribution in [2.75, 3.05) is 6.61 Å². The van der Waals surface area contributed by atoms with E-state index in [0.717, 1.165) is 23.4 Å². The Kier molecular flexibility index (Phi) is 4.25. The molecule has 0 radical (unpaired) electrons. The lowest BCUT2D eigenvalue weighted by Crippen LogP contribution is -2.06. The minimum absolute atomic E-state index is 0.500. The standard InChI is InChI=1S/C14H17N3O/c1-11-8-12(10-15)9-14(17-11)18-7-5-13-4-2-3-6-16-13/h2-4,6,8-9H,5,7,10,15H2,1H3. The molecule has 0 atom stereocenters. The average molecular weight is 243 g/mol. The number of aryl methyl sites for hydroxylation is 1. The zero-order valence-electron chi connectivity index (χ0n) is 10.5. The van der Waals surface area contributed by atoms with Crippen molar-refractivity contribution in [1.29, 1.82) is 0 Å². The van der Waals surface area contributed by atoms with E-state index in [-0.39, 0.29) is 0 Å². The largest absolute Gasteiger partial charge is 0.477 e. The van der Waals surface area contributed by atoms with Crippen LogP contribution in [0, 0.1) is 6.92 Å². The van der Waals surface area contributed by atoms with Crippen LogP contribution >= 0.6 is 0 Å². The molecule has 2 rings (SSSR count). The summed E-state index contributed by atoms with van der Waals surface area (Å²) in [5, 5.41) is 0. The van der Waals surface area contributed by atoms with Crippen molar-refractivity contribution in [1.82, 2.24) is 9.97 Å². The molecule has 0 aliphatic carbocycles. The second kappa shape index (κ2) is 6.12. The normalized spacial score (nSPS) is 10.3. The van der Waals surface area contributed by atoms with Crippen molar-refractivity contribution in [3.8, 4) is 5.88 Å².